The Morgan fingerprint density at radius 2 is 2.05 bits per heavy atom. The molecule has 5 heteroatoms. The fourth-order valence-corrected chi connectivity index (χ4v) is 1.88. The number of rotatable bonds is 6. The van der Waals surface area contributed by atoms with Crippen LogP contribution in [0.2, 0.25) is 0 Å². The molecule has 2 N–H and O–H groups in total. The molecule has 1 heterocycles. The summed E-state index contributed by atoms with van der Waals surface area (Å²) in [5.41, 5.74) is 1.93. The summed E-state index contributed by atoms with van der Waals surface area (Å²) in [6.07, 6.45) is 1.63. The molecule has 0 spiro atoms. The van der Waals surface area contributed by atoms with Crippen LogP contribution in [0.4, 0.5) is 11.4 Å². The fraction of sp³-hybridized carbons (Fsp3) is 0.294. The van der Waals surface area contributed by atoms with Gasteiger partial charge in [0.25, 0.3) is 5.91 Å². The summed E-state index contributed by atoms with van der Waals surface area (Å²) in [6, 6.07) is 10.8. The quantitative estimate of drug-likeness (QED) is 0.858. The van der Waals surface area contributed by atoms with Crippen molar-refractivity contribution < 1.29 is 9.53 Å². The Kier molecular flexibility index (Phi) is 5.36. The van der Waals surface area contributed by atoms with Crippen molar-refractivity contribution in [3.8, 4) is 5.75 Å². The van der Waals surface area contributed by atoms with Crippen molar-refractivity contribution in [1.82, 2.24) is 4.98 Å². The van der Waals surface area contributed by atoms with Crippen molar-refractivity contribution in [2.24, 2.45) is 5.92 Å². The number of nitrogens with one attached hydrogen (secondary N) is 2. The largest absolute Gasteiger partial charge is 0.497 e. The van der Waals surface area contributed by atoms with Crippen LogP contribution in [-0.4, -0.2) is 24.5 Å². The maximum Gasteiger partial charge on any atom is 0.274 e. The van der Waals surface area contributed by atoms with Gasteiger partial charge in [-0.1, -0.05) is 19.9 Å². The van der Waals surface area contributed by atoms with E-state index in [1.807, 2.05) is 18.2 Å². The Bertz CT molecular complexity index is 641. The Balaban J connectivity index is 2.07. The van der Waals surface area contributed by atoms with Crippen LogP contribution in [0.1, 0.15) is 24.3 Å². The lowest BCUT2D eigenvalue weighted by Gasteiger charge is -2.10. The molecule has 116 valence electrons. The normalized spacial score (nSPS) is 10.4. The molecule has 0 saturated carbocycles. The van der Waals surface area contributed by atoms with Crippen molar-refractivity contribution >= 4 is 17.3 Å². The Labute approximate surface area is 130 Å². The van der Waals surface area contributed by atoms with Gasteiger partial charge >= 0.3 is 0 Å². The molecule has 2 aromatic rings. The van der Waals surface area contributed by atoms with Crippen LogP contribution in [0.5, 0.6) is 5.75 Å². The number of amides is 1. The number of ether oxygens (including phenoxy) is 1. The molecule has 0 aliphatic carbocycles. The van der Waals surface area contributed by atoms with E-state index in [4.69, 9.17) is 4.74 Å². The molecule has 0 aliphatic heterocycles. The van der Waals surface area contributed by atoms with Crippen molar-refractivity contribution in [1.29, 1.82) is 0 Å². The number of benzene rings is 1. The van der Waals surface area contributed by atoms with E-state index >= 15 is 0 Å². The molecule has 1 aromatic carbocycles. The highest BCUT2D eigenvalue weighted by molar-refractivity contribution is 6.03. The molecular formula is C17H21N3O2. The fourth-order valence-electron chi connectivity index (χ4n) is 1.88. The van der Waals surface area contributed by atoms with Crippen LogP contribution in [-0.2, 0) is 0 Å². The zero-order valence-electron chi connectivity index (χ0n) is 13.1. The number of nitrogens with zero attached hydrogens (tertiary/aromatic N) is 1. The first-order valence-electron chi connectivity index (χ1n) is 7.24. The van der Waals surface area contributed by atoms with E-state index in [-0.39, 0.29) is 5.91 Å². The lowest BCUT2D eigenvalue weighted by Crippen LogP contribution is -2.15. The third kappa shape index (κ3) is 4.48. The summed E-state index contributed by atoms with van der Waals surface area (Å²) >= 11 is 0. The van der Waals surface area contributed by atoms with E-state index in [9.17, 15) is 4.79 Å². The molecule has 0 bridgehead atoms. The Hall–Kier alpha value is -2.56. The molecule has 0 aliphatic rings. The summed E-state index contributed by atoms with van der Waals surface area (Å²) in [5.74, 6) is 0.974. The average molecular weight is 299 g/mol. The van der Waals surface area contributed by atoms with Gasteiger partial charge < -0.3 is 15.4 Å². The van der Waals surface area contributed by atoms with E-state index < -0.39 is 0 Å². The standard InChI is InChI=1S/C17H21N3O2/c1-12(2)11-19-13-7-8-18-16(10-13)17(21)20-14-5-4-6-15(9-14)22-3/h4-10,12H,11H2,1-3H3,(H,18,19)(H,20,21). The Morgan fingerprint density at radius 3 is 2.77 bits per heavy atom. The lowest BCUT2D eigenvalue weighted by atomic mass is 10.2. The number of carbonyl (C=O) groups excluding carboxylic acids is 1. The van der Waals surface area contributed by atoms with Crippen molar-refractivity contribution in [2.75, 3.05) is 24.3 Å². The van der Waals surface area contributed by atoms with E-state index in [0.29, 0.717) is 23.0 Å². The van der Waals surface area contributed by atoms with Crippen LogP contribution < -0.4 is 15.4 Å². The average Bonchev–Trinajstić information content (AvgIpc) is 2.53. The first kappa shape index (κ1) is 15.8. The highest BCUT2D eigenvalue weighted by Crippen LogP contribution is 2.18. The van der Waals surface area contributed by atoms with E-state index in [2.05, 4.69) is 29.5 Å². The predicted molar refractivity (Wildman–Crippen MR) is 88.5 cm³/mol. The maximum atomic E-state index is 12.3. The molecule has 22 heavy (non-hydrogen) atoms. The van der Waals surface area contributed by atoms with E-state index in [1.54, 1.807) is 31.5 Å². The second kappa shape index (κ2) is 7.45. The summed E-state index contributed by atoms with van der Waals surface area (Å²) in [7, 11) is 1.59. The number of aromatic nitrogens is 1. The number of pyridine rings is 1. The number of carbonyl (C=O) groups is 1. The molecular weight excluding hydrogens is 278 g/mol. The molecule has 0 unspecified atom stereocenters. The summed E-state index contributed by atoms with van der Waals surface area (Å²) in [6.45, 7) is 5.11. The van der Waals surface area contributed by atoms with Gasteiger partial charge in [-0.3, -0.25) is 9.78 Å². The molecule has 0 saturated heterocycles. The molecule has 1 aromatic heterocycles. The topological polar surface area (TPSA) is 63.2 Å². The second-order valence-electron chi connectivity index (χ2n) is 5.39. The minimum Gasteiger partial charge on any atom is -0.497 e. The van der Waals surface area contributed by atoms with Gasteiger partial charge in [-0.05, 0) is 30.2 Å². The SMILES string of the molecule is COc1cccc(NC(=O)c2cc(NCC(C)C)ccn2)c1. The number of anilines is 2. The highest BCUT2D eigenvalue weighted by Gasteiger charge is 2.09. The van der Waals surface area contributed by atoms with Crippen LogP contribution in [0.25, 0.3) is 0 Å². The summed E-state index contributed by atoms with van der Waals surface area (Å²) < 4.78 is 5.14. The van der Waals surface area contributed by atoms with Gasteiger partial charge in [-0.15, -0.1) is 0 Å². The number of hydrogen-bond donors (Lipinski definition) is 2. The van der Waals surface area contributed by atoms with Gasteiger partial charge in [0.15, 0.2) is 0 Å². The molecule has 0 fully saturated rings. The smallest absolute Gasteiger partial charge is 0.274 e. The first-order chi connectivity index (χ1) is 10.6. The maximum absolute atomic E-state index is 12.3. The first-order valence-corrected chi connectivity index (χ1v) is 7.24. The molecule has 0 atom stereocenters. The summed E-state index contributed by atoms with van der Waals surface area (Å²) in [4.78, 5) is 16.4. The van der Waals surface area contributed by atoms with Gasteiger partial charge in [0, 0.05) is 30.2 Å². The number of methoxy groups -OCH3 is 1. The highest BCUT2D eigenvalue weighted by atomic mass is 16.5. The van der Waals surface area contributed by atoms with Crippen LogP contribution in [0.3, 0.4) is 0 Å². The zero-order valence-corrected chi connectivity index (χ0v) is 13.1. The van der Waals surface area contributed by atoms with Gasteiger partial charge in [-0.2, -0.15) is 0 Å². The van der Waals surface area contributed by atoms with Gasteiger partial charge in [0.1, 0.15) is 11.4 Å². The Morgan fingerprint density at radius 1 is 1.23 bits per heavy atom. The zero-order chi connectivity index (χ0) is 15.9. The van der Waals surface area contributed by atoms with Gasteiger partial charge in [0.2, 0.25) is 0 Å². The van der Waals surface area contributed by atoms with E-state index in [1.165, 1.54) is 0 Å². The van der Waals surface area contributed by atoms with Crippen molar-refractivity contribution in [3.63, 3.8) is 0 Å². The molecule has 0 radical (unpaired) electrons. The van der Waals surface area contributed by atoms with Crippen molar-refractivity contribution in [3.05, 3.63) is 48.3 Å². The molecule has 1 amide bonds. The lowest BCUT2D eigenvalue weighted by molar-refractivity contribution is 0.102. The molecule has 2 rings (SSSR count). The minimum atomic E-state index is -0.249. The third-order valence-corrected chi connectivity index (χ3v) is 3.03. The minimum absolute atomic E-state index is 0.249. The van der Waals surface area contributed by atoms with Crippen LogP contribution in [0.15, 0.2) is 42.6 Å². The third-order valence-electron chi connectivity index (χ3n) is 3.03. The summed E-state index contributed by atoms with van der Waals surface area (Å²) in [5, 5.41) is 6.10. The monoisotopic (exact) mass is 299 g/mol. The molecule has 5 nitrogen and oxygen atoms in total. The van der Waals surface area contributed by atoms with E-state index in [0.717, 1.165) is 12.2 Å². The van der Waals surface area contributed by atoms with Crippen molar-refractivity contribution in [2.45, 2.75) is 13.8 Å². The van der Waals surface area contributed by atoms with Crippen LogP contribution >= 0.6 is 0 Å². The van der Waals surface area contributed by atoms with Gasteiger partial charge in [-0.25, -0.2) is 0 Å². The second-order valence-corrected chi connectivity index (χ2v) is 5.39. The number of hydrogen-bond acceptors (Lipinski definition) is 4. The van der Waals surface area contributed by atoms with Crippen LogP contribution in [0, 0.1) is 5.92 Å². The van der Waals surface area contributed by atoms with Gasteiger partial charge in [0.05, 0.1) is 7.11 Å². The predicted octanol–water partition coefficient (Wildman–Crippen LogP) is 3.41.